The highest BCUT2D eigenvalue weighted by Crippen LogP contribution is 2.25. The van der Waals surface area contributed by atoms with Crippen LogP contribution in [0.15, 0.2) is 33.6 Å². The molecule has 0 amide bonds. The largest absolute Gasteiger partial charge is 0.123 e. The number of thioether (sulfide) groups is 1. The van der Waals surface area contributed by atoms with Crippen molar-refractivity contribution in [1.29, 1.82) is 0 Å². The van der Waals surface area contributed by atoms with Crippen molar-refractivity contribution in [2.24, 2.45) is 0 Å². The lowest BCUT2D eigenvalue weighted by molar-refractivity contribution is 0.905. The monoisotopic (exact) mass is 244 g/mol. The van der Waals surface area contributed by atoms with Gasteiger partial charge in [0.2, 0.25) is 0 Å². The van der Waals surface area contributed by atoms with Gasteiger partial charge < -0.3 is 0 Å². The third kappa shape index (κ3) is 3.20. The third-order valence-corrected chi connectivity index (χ3v) is 3.53. The second-order valence-electron chi connectivity index (χ2n) is 2.79. The fourth-order valence-electron chi connectivity index (χ4n) is 0.829. The predicted molar refractivity (Wildman–Crippen MR) is 59.8 cm³/mol. The van der Waals surface area contributed by atoms with E-state index in [0.717, 1.165) is 4.47 Å². The van der Waals surface area contributed by atoms with Gasteiger partial charge in [-0.05, 0) is 30.7 Å². The molecule has 0 aliphatic carbocycles. The standard InChI is InChI=1S/C10H13BrS/c1-3-8(2)12-10-6-4-9(11)5-7-10/h4-8H,3H2,1-2H3. The fraction of sp³-hybridized carbons (Fsp3) is 0.400. The van der Waals surface area contributed by atoms with Crippen LogP contribution in [0.1, 0.15) is 20.3 Å². The van der Waals surface area contributed by atoms with Gasteiger partial charge in [-0.1, -0.05) is 29.8 Å². The van der Waals surface area contributed by atoms with Gasteiger partial charge in [-0.25, -0.2) is 0 Å². The summed E-state index contributed by atoms with van der Waals surface area (Å²) in [4.78, 5) is 1.35. The van der Waals surface area contributed by atoms with Gasteiger partial charge in [-0.3, -0.25) is 0 Å². The second kappa shape index (κ2) is 4.93. The van der Waals surface area contributed by atoms with E-state index in [0.29, 0.717) is 5.25 Å². The summed E-state index contributed by atoms with van der Waals surface area (Å²) < 4.78 is 1.15. The average Bonchev–Trinajstić information content (AvgIpc) is 2.09. The summed E-state index contributed by atoms with van der Waals surface area (Å²) in [6.07, 6.45) is 1.22. The molecule has 0 fully saturated rings. The number of hydrogen-bond donors (Lipinski definition) is 0. The molecular formula is C10H13BrS. The van der Waals surface area contributed by atoms with Crippen LogP contribution in [-0.4, -0.2) is 5.25 Å². The topological polar surface area (TPSA) is 0 Å². The van der Waals surface area contributed by atoms with Gasteiger partial charge >= 0.3 is 0 Å². The lowest BCUT2D eigenvalue weighted by Gasteiger charge is -2.07. The minimum Gasteiger partial charge on any atom is -0.123 e. The Morgan fingerprint density at radius 3 is 2.42 bits per heavy atom. The molecule has 0 bridgehead atoms. The SMILES string of the molecule is CCC(C)Sc1ccc(Br)cc1. The Morgan fingerprint density at radius 2 is 1.92 bits per heavy atom. The molecule has 0 saturated heterocycles. The van der Waals surface area contributed by atoms with E-state index < -0.39 is 0 Å². The van der Waals surface area contributed by atoms with Crippen LogP contribution in [0.4, 0.5) is 0 Å². The summed E-state index contributed by atoms with van der Waals surface area (Å²) in [5.74, 6) is 0. The van der Waals surface area contributed by atoms with Gasteiger partial charge in [0.05, 0.1) is 0 Å². The van der Waals surface area contributed by atoms with Crippen LogP contribution < -0.4 is 0 Å². The molecule has 0 nitrogen and oxygen atoms in total. The number of rotatable bonds is 3. The molecule has 1 aromatic rings. The molecule has 0 aromatic heterocycles. The first kappa shape index (κ1) is 10.1. The lowest BCUT2D eigenvalue weighted by Crippen LogP contribution is -1.90. The van der Waals surface area contributed by atoms with Crippen molar-refractivity contribution in [1.82, 2.24) is 0 Å². The van der Waals surface area contributed by atoms with E-state index in [1.807, 2.05) is 11.8 Å². The van der Waals surface area contributed by atoms with E-state index in [2.05, 4.69) is 54.0 Å². The van der Waals surface area contributed by atoms with Gasteiger partial charge in [-0.15, -0.1) is 11.8 Å². The van der Waals surface area contributed by atoms with Crippen LogP contribution in [0.5, 0.6) is 0 Å². The van der Waals surface area contributed by atoms with E-state index >= 15 is 0 Å². The van der Waals surface area contributed by atoms with Crippen molar-refractivity contribution >= 4 is 27.7 Å². The molecule has 1 unspecified atom stereocenters. The molecule has 1 rings (SSSR count). The van der Waals surface area contributed by atoms with Gasteiger partial charge in [0.15, 0.2) is 0 Å². The molecule has 0 spiro atoms. The first-order valence-electron chi connectivity index (χ1n) is 4.14. The Hall–Kier alpha value is 0.0500. The zero-order valence-electron chi connectivity index (χ0n) is 7.38. The van der Waals surface area contributed by atoms with Crippen LogP contribution in [-0.2, 0) is 0 Å². The highest BCUT2D eigenvalue weighted by atomic mass is 79.9. The molecular weight excluding hydrogens is 232 g/mol. The first-order chi connectivity index (χ1) is 5.72. The van der Waals surface area contributed by atoms with Crippen LogP contribution >= 0.6 is 27.7 Å². The van der Waals surface area contributed by atoms with Gasteiger partial charge in [0, 0.05) is 14.6 Å². The van der Waals surface area contributed by atoms with Crippen molar-refractivity contribution in [2.45, 2.75) is 30.4 Å². The van der Waals surface area contributed by atoms with Crippen LogP contribution in [0.3, 0.4) is 0 Å². The van der Waals surface area contributed by atoms with Gasteiger partial charge in [-0.2, -0.15) is 0 Å². The maximum absolute atomic E-state index is 3.42. The molecule has 1 aromatic carbocycles. The number of hydrogen-bond acceptors (Lipinski definition) is 1. The Balaban J connectivity index is 2.58. The van der Waals surface area contributed by atoms with E-state index in [9.17, 15) is 0 Å². The summed E-state index contributed by atoms with van der Waals surface area (Å²) in [5, 5.41) is 0.714. The molecule has 0 radical (unpaired) electrons. The third-order valence-electron chi connectivity index (χ3n) is 1.73. The molecule has 0 saturated carbocycles. The molecule has 12 heavy (non-hydrogen) atoms. The summed E-state index contributed by atoms with van der Waals surface area (Å²) in [6.45, 7) is 4.48. The maximum atomic E-state index is 3.42. The smallest absolute Gasteiger partial charge is 0.0176 e. The predicted octanol–water partition coefficient (Wildman–Crippen LogP) is 4.34. The molecule has 0 aliphatic heterocycles. The zero-order valence-corrected chi connectivity index (χ0v) is 9.78. The van der Waals surface area contributed by atoms with E-state index in [1.54, 1.807) is 0 Å². The fourth-order valence-corrected chi connectivity index (χ4v) is 2.02. The molecule has 0 N–H and O–H groups in total. The number of halogens is 1. The first-order valence-corrected chi connectivity index (χ1v) is 5.82. The van der Waals surface area contributed by atoms with Gasteiger partial charge in [0.25, 0.3) is 0 Å². The minimum atomic E-state index is 0.714. The molecule has 66 valence electrons. The average molecular weight is 245 g/mol. The normalized spacial score (nSPS) is 12.9. The minimum absolute atomic E-state index is 0.714. The summed E-state index contributed by atoms with van der Waals surface area (Å²) in [5.41, 5.74) is 0. The molecule has 2 heteroatoms. The Morgan fingerprint density at radius 1 is 1.33 bits per heavy atom. The highest BCUT2D eigenvalue weighted by Gasteiger charge is 2.00. The summed E-state index contributed by atoms with van der Waals surface area (Å²) >= 11 is 5.35. The van der Waals surface area contributed by atoms with Crippen molar-refractivity contribution in [2.75, 3.05) is 0 Å². The van der Waals surface area contributed by atoms with E-state index in [1.165, 1.54) is 11.3 Å². The maximum Gasteiger partial charge on any atom is 0.0176 e. The molecule has 0 aliphatic rings. The quantitative estimate of drug-likeness (QED) is 0.714. The van der Waals surface area contributed by atoms with E-state index in [4.69, 9.17) is 0 Å². The molecule has 1 atom stereocenters. The van der Waals surface area contributed by atoms with Gasteiger partial charge in [0.1, 0.15) is 0 Å². The second-order valence-corrected chi connectivity index (χ2v) is 5.22. The van der Waals surface area contributed by atoms with Crippen molar-refractivity contribution in [3.05, 3.63) is 28.7 Å². The summed E-state index contributed by atoms with van der Waals surface area (Å²) in [6, 6.07) is 8.48. The van der Waals surface area contributed by atoms with E-state index in [-0.39, 0.29) is 0 Å². The van der Waals surface area contributed by atoms with Crippen molar-refractivity contribution in [3.8, 4) is 0 Å². The molecule has 0 heterocycles. The Kier molecular flexibility index (Phi) is 4.16. The van der Waals surface area contributed by atoms with Crippen molar-refractivity contribution in [3.63, 3.8) is 0 Å². The van der Waals surface area contributed by atoms with Crippen molar-refractivity contribution < 1.29 is 0 Å². The number of benzene rings is 1. The zero-order chi connectivity index (χ0) is 8.97. The highest BCUT2D eigenvalue weighted by molar-refractivity contribution is 9.10. The lowest BCUT2D eigenvalue weighted by atomic mass is 10.4. The summed E-state index contributed by atoms with van der Waals surface area (Å²) in [7, 11) is 0. The van der Waals surface area contributed by atoms with Crippen LogP contribution in [0.2, 0.25) is 0 Å². The Labute approximate surface area is 86.9 Å². The van der Waals surface area contributed by atoms with Crippen LogP contribution in [0, 0.1) is 0 Å². The van der Waals surface area contributed by atoms with Crippen LogP contribution in [0.25, 0.3) is 0 Å². The Bertz CT molecular complexity index is 230.